The zero-order valence-electron chi connectivity index (χ0n) is 9.01. The van der Waals surface area contributed by atoms with Crippen molar-refractivity contribution in [3.63, 3.8) is 0 Å². The number of nitrogens with two attached hydrogens (primary N) is 1. The quantitative estimate of drug-likeness (QED) is 0.882. The van der Waals surface area contributed by atoms with E-state index >= 15 is 0 Å². The van der Waals surface area contributed by atoms with E-state index in [-0.39, 0.29) is 5.82 Å². The van der Waals surface area contributed by atoms with Crippen molar-refractivity contribution in [3.05, 3.63) is 35.0 Å². The molecule has 0 saturated carbocycles. The predicted octanol–water partition coefficient (Wildman–Crippen LogP) is 1.99. The summed E-state index contributed by atoms with van der Waals surface area (Å²) in [6, 6.07) is 7.04. The van der Waals surface area contributed by atoms with Crippen LogP contribution < -0.4 is 10.5 Å². The molecule has 2 aromatic rings. The fourth-order valence-electron chi connectivity index (χ4n) is 1.46. The van der Waals surface area contributed by atoms with Crippen LogP contribution in [0.4, 0.5) is 5.82 Å². The summed E-state index contributed by atoms with van der Waals surface area (Å²) in [5, 5.41) is 13.4. The minimum atomic E-state index is 0.257. The van der Waals surface area contributed by atoms with Gasteiger partial charge in [-0.3, -0.25) is 0 Å². The van der Waals surface area contributed by atoms with Crippen molar-refractivity contribution in [3.8, 4) is 17.5 Å². The van der Waals surface area contributed by atoms with E-state index in [1.54, 1.807) is 18.2 Å². The Morgan fingerprint density at radius 1 is 1.53 bits per heavy atom. The Morgan fingerprint density at radius 2 is 2.29 bits per heavy atom. The van der Waals surface area contributed by atoms with E-state index in [4.69, 9.17) is 27.3 Å². The van der Waals surface area contributed by atoms with Gasteiger partial charge in [0.15, 0.2) is 0 Å². The van der Waals surface area contributed by atoms with Crippen LogP contribution in [0.25, 0.3) is 5.69 Å². The molecule has 0 atom stereocenters. The van der Waals surface area contributed by atoms with Gasteiger partial charge in [0.05, 0.1) is 13.3 Å². The first-order valence-electron chi connectivity index (χ1n) is 4.75. The van der Waals surface area contributed by atoms with E-state index in [9.17, 15) is 0 Å². The van der Waals surface area contributed by atoms with Gasteiger partial charge in [0.1, 0.15) is 28.9 Å². The summed E-state index contributed by atoms with van der Waals surface area (Å²) >= 11 is 5.91. The van der Waals surface area contributed by atoms with Gasteiger partial charge < -0.3 is 10.5 Å². The zero-order chi connectivity index (χ0) is 12.4. The number of nitriles is 1. The van der Waals surface area contributed by atoms with Gasteiger partial charge in [0.25, 0.3) is 0 Å². The molecule has 0 saturated heterocycles. The number of halogens is 1. The van der Waals surface area contributed by atoms with Crippen LogP contribution in [0.2, 0.25) is 5.02 Å². The SMILES string of the molecule is COc1ccc(Cl)cc1-n1ncc(C#N)c1N. The molecule has 0 bridgehead atoms. The summed E-state index contributed by atoms with van der Waals surface area (Å²) in [6.07, 6.45) is 1.40. The second kappa shape index (κ2) is 4.36. The number of hydrogen-bond donors (Lipinski definition) is 1. The van der Waals surface area contributed by atoms with E-state index in [0.29, 0.717) is 22.0 Å². The molecule has 1 aromatic carbocycles. The Kier molecular flexibility index (Phi) is 2.90. The summed E-state index contributed by atoms with van der Waals surface area (Å²) in [5.41, 5.74) is 6.71. The highest BCUT2D eigenvalue weighted by Gasteiger charge is 2.13. The molecule has 5 nitrogen and oxygen atoms in total. The Morgan fingerprint density at radius 3 is 2.88 bits per heavy atom. The average molecular weight is 249 g/mol. The van der Waals surface area contributed by atoms with Gasteiger partial charge in [-0.1, -0.05) is 11.6 Å². The highest BCUT2D eigenvalue weighted by atomic mass is 35.5. The number of rotatable bonds is 2. The Labute approximate surface area is 103 Å². The molecule has 1 aromatic heterocycles. The first-order chi connectivity index (χ1) is 8.17. The lowest BCUT2D eigenvalue weighted by Gasteiger charge is -2.10. The molecule has 2 N–H and O–H groups in total. The van der Waals surface area contributed by atoms with Crippen molar-refractivity contribution in [2.24, 2.45) is 0 Å². The highest BCUT2D eigenvalue weighted by molar-refractivity contribution is 6.30. The van der Waals surface area contributed by atoms with Gasteiger partial charge in [-0.25, -0.2) is 4.68 Å². The van der Waals surface area contributed by atoms with Crippen molar-refractivity contribution < 1.29 is 4.74 Å². The van der Waals surface area contributed by atoms with Crippen LogP contribution >= 0.6 is 11.6 Å². The van der Waals surface area contributed by atoms with E-state index in [2.05, 4.69) is 5.10 Å². The molecule has 2 rings (SSSR count). The van der Waals surface area contributed by atoms with E-state index in [0.717, 1.165) is 0 Å². The van der Waals surface area contributed by atoms with Crippen LogP contribution in [-0.4, -0.2) is 16.9 Å². The molecule has 0 unspecified atom stereocenters. The number of benzene rings is 1. The van der Waals surface area contributed by atoms with Crippen molar-refractivity contribution in [2.75, 3.05) is 12.8 Å². The van der Waals surface area contributed by atoms with Gasteiger partial charge in [-0.05, 0) is 18.2 Å². The Hall–Kier alpha value is -2.19. The Bertz CT molecular complexity index is 600. The number of nitrogens with zero attached hydrogens (tertiary/aromatic N) is 3. The van der Waals surface area contributed by atoms with Crippen molar-refractivity contribution in [1.82, 2.24) is 9.78 Å². The van der Waals surface area contributed by atoms with Crippen LogP contribution in [0, 0.1) is 11.3 Å². The van der Waals surface area contributed by atoms with Crippen molar-refractivity contribution >= 4 is 17.4 Å². The standard InChI is InChI=1S/C11H9ClN4O/c1-17-10-3-2-8(12)4-9(10)16-11(14)7(5-13)6-15-16/h2-4,6H,14H2,1H3. The third-order valence-corrected chi connectivity index (χ3v) is 2.53. The molecule has 0 spiro atoms. The summed E-state index contributed by atoms with van der Waals surface area (Å²) in [7, 11) is 1.54. The van der Waals surface area contributed by atoms with Crippen LogP contribution in [-0.2, 0) is 0 Å². The molecule has 0 aliphatic rings. The van der Waals surface area contributed by atoms with Crippen molar-refractivity contribution in [2.45, 2.75) is 0 Å². The highest BCUT2D eigenvalue weighted by Crippen LogP contribution is 2.28. The second-order valence-electron chi connectivity index (χ2n) is 3.28. The monoisotopic (exact) mass is 248 g/mol. The maximum absolute atomic E-state index is 8.82. The number of aromatic nitrogens is 2. The molecule has 0 fully saturated rings. The number of nitrogen functional groups attached to an aromatic ring is 1. The molecular formula is C11H9ClN4O. The summed E-state index contributed by atoms with van der Waals surface area (Å²) < 4.78 is 6.61. The predicted molar refractivity (Wildman–Crippen MR) is 64.3 cm³/mol. The third-order valence-electron chi connectivity index (χ3n) is 2.30. The first kappa shape index (κ1) is 11.3. The molecule has 1 heterocycles. The number of anilines is 1. The number of ether oxygens (including phenoxy) is 1. The summed E-state index contributed by atoms with van der Waals surface area (Å²) in [6.45, 7) is 0. The van der Waals surface area contributed by atoms with Crippen LogP contribution in [0.1, 0.15) is 5.56 Å². The van der Waals surface area contributed by atoms with Gasteiger partial charge in [0, 0.05) is 5.02 Å². The van der Waals surface area contributed by atoms with Gasteiger partial charge in [-0.2, -0.15) is 10.4 Å². The maximum Gasteiger partial charge on any atom is 0.145 e. The molecule has 6 heteroatoms. The fraction of sp³-hybridized carbons (Fsp3) is 0.0909. The second-order valence-corrected chi connectivity index (χ2v) is 3.72. The zero-order valence-corrected chi connectivity index (χ0v) is 9.77. The van der Waals surface area contributed by atoms with Crippen LogP contribution in [0.3, 0.4) is 0 Å². The smallest absolute Gasteiger partial charge is 0.145 e. The lowest BCUT2D eigenvalue weighted by Crippen LogP contribution is -2.04. The summed E-state index contributed by atoms with van der Waals surface area (Å²) in [4.78, 5) is 0. The van der Waals surface area contributed by atoms with E-state index in [1.807, 2.05) is 6.07 Å². The van der Waals surface area contributed by atoms with E-state index in [1.165, 1.54) is 18.0 Å². The first-order valence-corrected chi connectivity index (χ1v) is 5.12. The largest absolute Gasteiger partial charge is 0.494 e. The van der Waals surface area contributed by atoms with E-state index < -0.39 is 0 Å². The van der Waals surface area contributed by atoms with Crippen LogP contribution in [0.15, 0.2) is 24.4 Å². The minimum absolute atomic E-state index is 0.257. The lowest BCUT2D eigenvalue weighted by molar-refractivity contribution is 0.412. The molecule has 0 amide bonds. The topological polar surface area (TPSA) is 76.9 Å². The lowest BCUT2D eigenvalue weighted by atomic mass is 10.3. The number of methoxy groups -OCH3 is 1. The Balaban J connectivity index is 2.63. The van der Waals surface area contributed by atoms with Crippen molar-refractivity contribution in [1.29, 1.82) is 5.26 Å². The molecule has 17 heavy (non-hydrogen) atoms. The fourth-order valence-corrected chi connectivity index (χ4v) is 1.63. The molecule has 0 aliphatic heterocycles. The average Bonchev–Trinajstić information content (AvgIpc) is 2.70. The molecule has 0 radical (unpaired) electrons. The third kappa shape index (κ3) is 1.90. The van der Waals surface area contributed by atoms with Gasteiger partial charge >= 0.3 is 0 Å². The molecule has 0 aliphatic carbocycles. The normalized spacial score (nSPS) is 9.94. The van der Waals surface area contributed by atoms with Gasteiger partial charge in [-0.15, -0.1) is 0 Å². The van der Waals surface area contributed by atoms with Crippen LogP contribution in [0.5, 0.6) is 5.75 Å². The van der Waals surface area contributed by atoms with Gasteiger partial charge in [0.2, 0.25) is 0 Å². The molecular weight excluding hydrogens is 240 g/mol. The number of hydrogen-bond acceptors (Lipinski definition) is 4. The minimum Gasteiger partial charge on any atom is -0.494 e. The molecule has 86 valence electrons. The maximum atomic E-state index is 8.82. The summed E-state index contributed by atoms with van der Waals surface area (Å²) in [5.74, 6) is 0.835.